The summed E-state index contributed by atoms with van der Waals surface area (Å²) < 4.78 is 0. The molecule has 1 aromatic rings. The van der Waals surface area contributed by atoms with Gasteiger partial charge in [-0.25, -0.2) is 4.98 Å². The van der Waals surface area contributed by atoms with Crippen LogP contribution < -0.4 is 5.32 Å². The summed E-state index contributed by atoms with van der Waals surface area (Å²) in [6.07, 6.45) is 4.07. The summed E-state index contributed by atoms with van der Waals surface area (Å²) in [5.41, 5.74) is 1.18. The van der Waals surface area contributed by atoms with Crippen molar-refractivity contribution in [1.82, 2.24) is 15.2 Å². The Balaban J connectivity index is 2.18. The van der Waals surface area contributed by atoms with Crippen LogP contribution in [-0.2, 0) is 0 Å². The van der Waals surface area contributed by atoms with Gasteiger partial charge in [-0.3, -0.25) is 4.90 Å². The Bertz CT molecular complexity index is 350. The molecule has 4 heteroatoms. The molecule has 0 amide bonds. The minimum Gasteiger partial charge on any atom is -0.314 e. The molecule has 1 fully saturated rings. The fourth-order valence-corrected chi connectivity index (χ4v) is 2.69. The van der Waals surface area contributed by atoms with Gasteiger partial charge in [-0.1, -0.05) is 31.0 Å². The highest BCUT2D eigenvalue weighted by atomic mass is 35.5. The van der Waals surface area contributed by atoms with E-state index in [2.05, 4.69) is 28.2 Å². The lowest BCUT2D eigenvalue weighted by atomic mass is 10.0. The van der Waals surface area contributed by atoms with E-state index in [1.54, 1.807) is 6.20 Å². The Morgan fingerprint density at radius 1 is 1.47 bits per heavy atom. The highest BCUT2D eigenvalue weighted by Crippen LogP contribution is 2.29. The number of aromatic nitrogens is 1. The summed E-state index contributed by atoms with van der Waals surface area (Å²) in [4.78, 5) is 6.72. The SMILES string of the molecule is CCC[C@H](c1cccnc1Cl)N1CCNCC1. The molecule has 0 aromatic carbocycles. The largest absolute Gasteiger partial charge is 0.314 e. The molecule has 1 aliphatic rings. The van der Waals surface area contributed by atoms with E-state index in [0.29, 0.717) is 11.2 Å². The Labute approximate surface area is 108 Å². The third-order valence-electron chi connectivity index (χ3n) is 3.30. The molecule has 1 aromatic heterocycles. The number of hydrogen-bond acceptors (Lipinski definition) is 3. The zero-order valence-electron chi connectivity index (χ0n) is 10.3. The van der Waals surface area contributed by atoms with Crippen LogP contribution in [0.1, 0.15) is 31.4 Å². The fourth-order valence-electron chi connectivity index (χ4n) is 2.45. The molecule has 1 aliphatic heterocycles. The van der Waals surface area contributed by atoms with Gasteiger partial charge < -0.3 is 5.32 Å². The summed E-state index contributed by atoms with van der Waals surface area (Å²) >= 11 is 6.22. The monoisotopic (exact) mass is 253 g/mol. The van der Waals surface area contributed by atoms with E-state index < -0.39 is 0 Å². The third kappa shape index (κ3) is 3.18. The molecule has 1 atom stereocenters. The predicted octanol–water partition coefficient (Wildman–Crippen LogP) is 2.48. The minimum atomic E-state index is 0.420. The van der Waals surface area contributed by atoms with E-state index in [1.165, 1.54) is 12.0 Å². The maximum Gasteiger partial charge on any atom is 0.133 e. The van der Waals surface area contributed by atoms with Crippen LogP contribution in [0.2, 0.25) is 5.15 Å². The second-order valence-electron chi connectivity index (χ2n) is 4.47. The molecule has 0 aliphatic carbocycles. The molecule has 2 heterocycles. The predicted molar refractivity (Wildman–Crippen MR) is 71.3 cm³/mol. The highest BCUT2D eigenvalue weighted by Gasteiger charge is 2.23. The number of nitrogens with zero attached hydrogens (tertiary/aromatic N) is 2. The van der Waals surface area contributed by atoms with E-state index in [-0.39, 0.29) is 0 Å². The topological polar surface area (TPSA) is 28.2 Å². The Hall–Kier alpha value is -0.640. The van der Waals surface area contributed by atoms with Crippen LogP contribution in [0.5, 0.6) is 0 Å². The molecule has 1 N–H and O–H groups in total. The lowest BCUT2D eigenvalue weighted by Gasteiger charge is -2.35. The Morgan fingerprint density at radius 2 is 2.24 bits per heavy atom. The van der Waals surface area contributed by atoms with Gasteiger partial charge in [0.25, 0.3) is 0 Å². The van der Waals surface area contributed by atoms with Gasteiger partial charge >= 0.3 is 0 Å². The van der Waals surface area contributed by atoms with Gasteiger partial charge in [0.15, 0.2) is 0 Å². The van der Waals surface area contributed by atoms with Crippen molar-refractivity contribution in [2.24, 2.45) is 0 Å². The van der Waals surface area contributed by atoms with Gasteiger partial charge in [-0.05, 0) is 12.5 Å². The molecular formula is C13H20ClN3. The second kappa shape index (κ2) is 6.34. The van der Waals surface area contributed by atoms with Gasteiger partial charge in [-0.2, -0.15) is 0 Å². The highest BCUT2D eigenvalue weighted by molar-refractivity contribution is 6.30. The number of nitrogens with one attached hydrogen (secondary N) is 1. The van der Waals surface area contributed by atoms with Gasteiger partial charge in [0.05, 0.1) is 0 Å². The second-order valence-corrected chi connectivity index (χ2v) is 4.83. The minimum absolute atomic E-state index is 0.420. The van der Waals surface area contributed by atoms with E-state index in [4.69, 9.17) is 11.6 Å². The lowest BCUT2D eigenvalue weighted by Crippen LogP contribution is -2.45. The fraction of sp³-hybridized carbons (Fsp3) is 0.615. The van der Waals surface area contributed by atoms with Crippen LogP contribution in [0, 0.1) is 0 Å². The summed E-state index contributed by atoms with van der Waals surface area (Å²) in [7, 11) is 0. The van der Waals surface area contributed by atoms with Crippen molar-refractivity contribution >= 4 is 11.6 Å². The maximum atomic E-state index is 6.22. The van der Waals surface area contributed by atoms with Gasteiger partial charge in [0.1, 0.15) is 5.15 Å². The number of halogens is 1. The first kappa shape index (κ1) is 12.8. The van der Waals surface area contributed by atoms with Crippen molar-refractivity contribution < 1.29 is 0 Å². The summed E-state index contributed by atoms with van der Waals surface area (Å²) in [5.74, 6) is 0. The van der Waals surface area contributed by atoms with Crippen LogP contribution in [0.4, 0.5) is 0 Å². The molecule has 1 saturated heterocycles. The average molecular weight is 254 g/mol. The van der Waals surface area contributed by atoms with E-state index >= 15 is 0 Å². The van der Waals surface area contributed by atoms with Crippen LogP contribution in [-0.4, -0.2) is 36.1 Å². The van der Waals surface area contributed by atoms with Gasteiger partial charge in [-0.15, -0.1) is 0 Å². The van der Waals surface area contributed by atoms with Crippen LogP contribution in [0.25, 0.3) is 0 Å². The van der Waals surface area contributed by atoms with Crippen molar-refractivity contribution in [3.8, 4) is 0 Å². The van der Waals surface area contributed by atoms with Crippen molar-refractivity contribution in [2.45, 2.75) is 25.8 Å². The summed E-state index contributed by atoms with van der Waals surface area (Å²) in [6, 6.07) is 4.51. The number of rotatable bonds is 4. The van der Waals surface area contributed by atoms with Crippen molar-refractivity contribution in [3.63, 3.8) is 0 Å². The van der Waals surface area contributed by atoms with Crippen molar-refractivity contribution in [1.29, 1.82) is 0 Å². The first-order chi connectivity index (χ1) is 8.33. The molecule has 17 heavy (non-hydrogen) atoms. The van der Waals surface area contributed by atoms with E-state index in [9.17, 15) is 0 Å². The summed E-state index contributed by atoms with van der Waals surface area (Å²) in [5, 5.41) is 4.04. The zero-order valence-corrected chi connectivity index (χ0v) is 11.1. The number of pyridine rings is 1. The lowest BCUT2D eigenvalue weighted by molar-refractivity contribution is 0.164. The van der Waals surface area contributed by atoms with Gasteiger partial charge in [0.2, 0.25) is 0 Å². The molecule has 0 saturated carbocycles. The Kier molecular flexibility index (Phi) is 4.77. The molecule has 0 spiro atoms. The first-order valence-electron chi connectivity index (χ1n) is 6.38. The maximum absolute atomic E-state index is 6.22. The van der Waals surface area contributed by atoms with Crippen LogP contribution in [0.3, 0.4) is 0 Å². The molecule has 2 rings (SSSR count). The third-order valence-corrected chi connectivity index (χ3v) is 3.62. The molecule has 0 unspecified atom stereocenters. The van der Waals surface area contributed by atoms with E-state index in [1.807, 2.05) is 6.07 Å². The van der Waals surface area contributed by atoms with Crippen molar-refractivity contribution in [2.75, 3.05) is 26.2 Å². The number of piperazine rings is 1. The first-order valence-corrected chi connectivity index (χ1v) is 6.76. The Morgan fingerprint density at radius 3 is 2.88 bits per heavy atom. The smallest absolute Gasteiger partial charge is 0.133 e. The van der Waals surface area contributed by atoms with Crippen LogP contribution >= 0.6 is 11.6 Å². The van der Waals surface area contributed by atoms with Crippen LogP contribution in [0.15, 0.2) is 18.3 Å². The quantitative estimate of drug-likeness (QED) is 0.836. The molecule has 0 bridgehead atoms. The normalized spacial score (nSPS) is 19.2. The number of hydrogen-bond donors (Lipinski definition) is 1. The van der Waals surface area contributed by atoms with E-state index in [0.717, 1.165) is 32.6 Å². The molecule has 94 valence electrons. The van der Waals surface area contributed by atoms with Crippen molar-refractivity contribution in [3.05, 3.63) is 29.0 Å². The average Bonchev–Trinajstić information content (AvgIpc) is 2.38. The van der Waals surface area contributed by atoms with Gasteiger partial charge in [0, 0.05) is 44.0 Å². The standard InChI is InChI=1S/C13H20ClN3/c1-2-4-12(17-9-7-15-8-10-17)11-5-3-6-16-13(11)14/h3,5-6,12,15H,2,4,7-10H2,1H3/t12-/m1/s1. The molecular weight excluding hydrogens is 234 g/mol. The molecule has 3 nitrogen and oxygen atoms in total. The molecule has 0 radical (unpaired) electrons. The zero-order chi connectivity index (χ0) is 12.1. The summed E-state index contributed by atoms with van der Waals surface area (Å²) in [6.45, 7) is 6.54.